The van der Waals surface area contributed by atoms with E-state index in [1.54, 1.807) is 6.33 Å². The van der Waals surface area contributed by atoms with E-state index in [1.165, 1.54) is 0 Å². The number of nitrogens with two attached hydrogens (primary N) is 1. The standard InChI is InChI=1S/C7H13N3S.2BrH/c1-5-7(10-4-9-5)6(11)2-3-8;;/h4,6,11H,2-3,8H2,1H3,(H,9,10);2*1H. The van der Waals surface area contributed by atoms with Gasteiger partial charge in [-0.05, 0) is 19.9 Å². The maximum Gasteiger partial charge on any atom is 0.0925 e. The van der Waals surface area contributed by atoms with Crippen LogP contribution in [0.15, 0.2) is 6.33 Å². The zero-order valence-electron chi connectivity index (χ0n) is 7.36. The maximum absolute atomic E-state index is 5.40. The van der Waals surface area contributed by atoms with Crippen LogP contribution in [-0.2, 0) is 0 Å². The molecule has 0 spiro atoms. The summed E-state index contributed by atoms with van der Waals surface area (Å²) in [6.07, 6.45) is 2.55. The molecule has 3 nitrogen and oxygen atoms in total. The predicted molar refractivity (Wildman–Crippen MR) is 69.4 cm³/mol. The second-order valence-electron chi connectivity index (χ2n) is 2.51. The average Bonchev–Trinajstić information content (AvgIpc) is 2.36. The van der Waals surface area contributed by atoms with E-state index in [0.717, 1.165) is 17.8 Å². The fourth-order valence-corrected chi connectivity index (χ4v) is 1.41. The number of nitrogens with zero attached hydrogens (tertiary/aromatic N) is 1. The van der Waals surface area contributed by atoms with Crippen molar-refractivity contribution in [3.8, 4) is 0 Å². The molecule has 0 radical (unpaired) electrons. The maximum atomic E-state index is 5.40. The van der Waals surface area contributed by atoms with Gasteiger partial charge in [0.25, 0.3) is 0 Å². The van der Waals surface area contributed by atoms with Crippen molar-refractivity contribution in [3.05, 3.63) is 17.7 Å². The average molecular weight is 333 g/mol. The van der Waals surface area contributed by atoms with Crippen molar-refractivity contribution < 1.29 is 0 Å². The highest BCUT2D eigenvalue weighted by molar-refractivity contribution is 8.93. The van der Waals surface area contributed by atoms with Crippen molar-refractivity contribution in [2.24, 2.45) is 5.73 Å². The van der Waals surface area contributed by atoms with Crippen molar-refractivity contribution in [1.29, 1.82) is 0 Å². The Kier molecular flexibility index (Phi) is 9.61. The molecule has 1 unspecified atom stereocenters. The van der Waals surface area contributed by atoms with Gasteiger partial charge in [0.1, 0.15) is 0 Å². The highest BCUT2D eigenvalue weighted by Crippen LogP contribution is 2.22. The zero-order valence-corrected chi connectivity index (χ0v) is 11.7. The van der Waals surface area contributed by atoms with Crippen LogP contribution in [0, 0.1) is 6.92 Å². The number of imidazole rings is 1. The SMILES string of the molecule is Br.Br.Cc1[nH]cnc1C(S)CCN. The van der Waals surface area contributed by atoms with E-state index in [9.17, 15) is 0 Å². The quantitative estimate of drug-likeness (QED) is 0.743. The zero-order chi connectivity index (χ0) is 8.27. The van der Waals surface area contributed by atoms with Crippen LogP contribution >= 0.6 is 46.6 Å². The van der Waals surface area contributed by atoms with E-state index in [1.807, 2.05) is 6.92 Å². The Morgan fingerprint density at radius 3 is 2.62 bits per heavy atom. The minimum absolute atomic E-state index is 0. The van der Waals surface area contributed by atoms with Gasteiger partial charge in [0.2, 0.25) is 0 Å². The minimum Gasteiger partial charge on any atom is -0.348 e. The molecule has 0 aliphatic rings. The van der Waals surface area contributed by atoms with Crippen LogP contribution in [0.1, 0.15) is 23.1 Å². The van der Waals surface area contributed by atoms with Crippen LogP contribution in [0.5, 0.6) is 0 Å². The number of aromatic amines is 1. The van der Waals surface area contributed by atoms with Gasteiger partial charge in [0, 0.05) is 10.9 Å². The first-order valence-electron chi connectivity index (χ1n) is 3.63. The van der Waals surface area contributed by atoms with E-state index in [-0.39, 0.29) is 39.2 Å². The normalized spacial score (nSPS) is 11.3. The van der Waals surface area contributed by atoms with Gasteiger partial charge in [0.05, 0.1) is 12.0 Å². The van der Waals surface area contributed by atoms with Crippen LogP contribution in [0.4, 0.5) is 0 Å². The smallest absolute Gasteiger partial charge is 0.0925 e. The van der Waals surface area contributed by atoms with Gasteiger partial charge in [0.15, 0.2) is 0 Å². The summed E-state index contributed by atoms with van der Waals surface area (Å²) in [5.41, 5.74) is 7.49. The molecule has 1 heterocycles. The van der Waals surface area contributed by atoms with Gasteiger partial charge in [-0.15, -0.1) is 34.0 Å². The van der Waals surface area contributed by atoms with Crippen LogP contribution in [0.3, 0.4) is 0 Å². The molecule has 0 amide bonds. The summed E-state index contributed by atoms with van der Waals surface area (Å²) < 4.78 is 0. The Morgan fingerprint density at radius 1 is 1.62 bits per heavy atom. The molecule has 0 fully saturated rings. The third-order valence-electron chi connectivity index (χ3n) is 1.62. The van der Waals surface area contributed by atoms with Gasteiger partial charge in [-0.1, -0.05) is 0 Å². The van der Waals surface area contributed by atoms with Gasteiger partial charge >= 0.3 is 0 Å². The molecule has 0 aliphatic carbocycles. The van der Waals surface area contributed by atoms with Crippen LogP contribution in [0.2, 0.25) is 0 Å². The van der Waals surface area contributed by atoms with Crippen LogP contribution in [0.25, 0.3) is 0 Å². The van der Waals surface area contributed by atoms with Crippen molar-refractivity contribution in [1.82, 2.24) is 9.97 Å². The van der Waals surface area contributed by atoms with E-state index in [2.05, 4.69) is 22.6 Å². The molecular weight excluding hydrogens is 318 g/mol. The number of rotatable bonds is 3. The number of H-pyrrole nitrogens is 1. The molecule has 0 bridgehead atoms. The van der Waals surface area contributed by atoms with Crippen molar-refractivity contribution in [3.63, 3.8) is 0 Å². The van der Waals surface area contributed by atoms with Gasteiger partial charge < -0.3 is 10.7 Å². The van der Waals surface area contributed by atoms with Crippen molar-refractivity contribution in [2.45, 2.75) is 18.6 Å². The lowest BCUT2D eigenvalue weighted by molar-refractivity contribution is 0.796. The van der Waals surface area contributed by atoms with Crippen LogP contribution in [-0.4, -0.2) is 16.5 Å². The highest BCUT2D eigenvalue weighted by Gasteiger charge is 2.09. The van der Waals surface area contributed by atoms with Crippen molar-refractivity contribution >= 4 is 46.6 Å². The molecule has 1 aromatic rings. The van der Waals surface area contributed by atoms with Gasteiger partial charge in [-0.3, -0.25) is 0 Å². The second kappa shape index (κ2) is 7.84. The number of thiol groups is 1. The Morgan fingerprint density at radius 2 is 2.23 bits per heavy atom. The van der Waals surface area contributed by atoms with E-state index >= 15 is 0 Å². The highest BCUT2D eigenvalue weighted by atomic mass is 79.9. The molecule has 78 valence electrons. The van der Waals surface area contributed by atoms with Gasteiger partial charge in [-0.25, -0.2) is 4.98 Å². The van der Waals surface area contributed by atoms with E-state index in [4.69, 9.17) is 5.73 Å². The first kappa shape index (κ1) is 15.9. The molecule has 3 N–H and O–H groups in total. The third kappa shape index (κ3) is 4.49. The summed E-state index contributed by atoms with van der Waals surface area (Å²) >= 11 is 4.37. The second-order valence-corrected chi connectivity index (χ2v) is 3.13. The third-order valence-corrected chi connectivity index (χ3v) is 2.13. The summed E-state index contributed by atoms with van der Waals surface area (Å²) in [7, 11) is 0. The molecule has 13 heavy (non-hydrogen) atoms. The van der Waals surface area contributed by atoms with Crippen molar-refractivity contribution in [2.75, 3.05) is 6.54 Å². The molecule has 1 aromatic heterocycles. The molecule has 0 saturated carbocycles. The monoisotopic (exact) mass is 331 g/mol. The summed E-state index contributed by atoms with van der Waals surface area (Å²) in [5.74, 6) is 0. The number of halogens is 2. The number of hydrogen-bond acceptors (Lipinski definition) is 3. The lowest BCUT2D eigenvalue weighted by Gasteiger charge is -2.05. The molecule has 0 saturated heterocycles. The molecule has 0 aliphatic heterocycles. The molecule has 6 heteroatoms. The fraction of sp³-hybridized carbons (Fsp3) is 0.571. The fourth-order valence-electron chi connectivity index (χ4n) is 1.000. The largest absolute Gasteiger partial charge is 0.348 e. The lowest BCUT2D eigenvalue weighted by Crippen LogP contribution is -2.04. The first-order chi connectivity index (χ1) is 5.25. The number of aryl methyl sites for hydroxylation is 1. The first-order valence-corrected chi connectivity index (χ1v) is 4.15. The predicted octanol–water partition coefficient (Wildman–Crippen LogP) is 2.19. The summed E-state index contributed by atoms with van der Waals surface area (Å²) in [4.78, 5) is 7.15. The Labute approximate surface area is 105 Å². The molecule has 1 rings (SSSR count). The number of aromatic nitrogens is 2. The van der Waals surface area contributed by atoms with Gasteiger partial charge in [-0.2, -0.15) is 12.6 Å². The van der Waals surface area contributed by atoms with E-state index < -0.39 is 0 Å². The summed E-state index contributed by atoms with van der Waals surface area (Å²) in [5, 5.41) is 0.172. The minimum atomic E-state index is 0. The van der Waals surface area contributed by atoms with E-state index in [0.29, 0.717) is 6.54 Å². The molecule has 1 atom stereocenters. The van der Waals surface area contributed by atoms with Crippen LogP contribution < -0.4 is 5.73 Å². The number of nitrogens with one attached hydrogen (secondary N) is 1. The Bertz CT molecular complexity index is 229. The number of hydrogen-bond donors (Lipinski definition) is 3. The summed E-state index contributed by atoms with van der Waals surface area (Å²) in [6.45, 7) is 2.64. The Balaban J connectivity index is 0. The molecule has 0 aromatic carbocycles. The summed E-state index contributed by atoms with van der Waals surface area (Å²) in [6, 6.07) is 0. The lowest BCUT2D eigenvalue weighted by atomic mass is 10.2. The topological polar surface area (TPSA) is 54.7 Å². The Hall–Kier alpha value is 0.480. The molecular formula is C7H15Br2N3S.